The van der Waals surface area contributed by atoms with E-state index < -0.39 is 6.04 Å². The van der Waals surface area contributed by atoms with Crippen LogP contribution in [-0.4, -0.2) is 68.8 Å². The third kappa shape index (κ3) is 8.50. The van der Waals surface area contributed by atoms with Gasteiger partial charge in [-0.1, -0.05) is 74.5 Å². The number of nitrogens with one attached hydrogen (secondary N) is 1. The zero-order chi connectivity index (χ0) is 32.3. The summed E-state index contributed by atoms with van der Waals surface area (Å²) in [5, 5.41) is 3.08. The zero-order valence-corrected chi connectivity index (χ0v) is 26.9. The van der Waals surface area contributed by atoms with E-state index in [1.165, 1.54) is 0 Å². The van der Waals surface area contributed by atoms with Gasteiger partial charge in [0.1, 0.15) is 6.04 Å². The van der Waals surface area contributed by atoms with Crippen LogP contribution in [0.2, 0.25) is 0 Å². The Morgan fingerprint density at radius 3 is 2.24 bits per heavy atom. The zero-order valence-electron chi connectivity index (χ0n) is 26.9. The number of aryl methyl sites for hydroxylation is 1. The van der Waals surface area contributed by atoms with Crippen LogP contribution in [0.25, 0.3) is 5.69 Å². The van der Waals surface area contributed by atoms with Crippen molar-refractivity contribution in [1.29, 1.82) is 0 Å². The van der Waals surface area contributed by atoms with Crippen molar-refractivity contribution >= 4 is 17.7 Å². The minimum absolute atomic E-state index is 0.0573. The normalized spacial score (nSPS) is 15.7. The van der Waals surface area contributed by atoms with Crippen molar-refractivity contribution in [1.82, 2.24) is 24.7 Å². The smallest absolute Gasteiger partial charge is 0.253 e. The highest BCUT2D eigenvalue weighted by atomic mass is 16.2. The van der Waals surface area contributed by atoms with Gasteiger partial charge in [0, 0.05) is 55.2 Å². The van der Waals surface area contributed by atoms with E-state index >= 15 is 0 Å². The summed E-state index contributed by atoms with van der Waals surface area (Å²) in [6.07, 6.45) is 9.62. The summed E-state index contributed by atoms with van der Waals surface area (Å²) >= 11 is 0. The van der Waals surface area contributed by atoms with Crippen LogP contribution in [0.4, 0.5) is 0 Å². The Bertz CT molecular complexity index is 1540. The molecule has 8 nitrogen and oxygen atoms in total. The van der Waals surface area contributed by atoms with Gasteiger partial charge < -0.3 is 19.7 Å². The van der Waals surface area contributed by atoms with Gasteiger partial charge >= 0.3 is 0 Å². The molecule has 1 aliphatic rings. The minimum Gasteiger partial charge on any atom is -0.344 e. The van der Waals surface area contributed by atoms with Crippen molar-refractivity contribution in [3.8, 4) is 5.69 Å². The summed E-state index contributed by atoms with van der Waals surface area (Å²) in [6.45, 7) is 5.46. The molecule has 1 aromatic heterocycles. The predicted molar refractivity (Wildman–Crippen MR) is 180 cm³/mol. The van der Waals surface area contributed by atoms with E-state index in [1.807, 2.05) is 95.1 Å². The van der Waals surface area contributed by atoms with Crippen LogP contribution in [0.15, 0.2) is 104 Å². The van der Waals surface area contributed by atoms with Crippen LogP contribution in [0.1, 0.15) is 61.0 Å². The van der Waals surface area contributed by atoms with E-state index in [4.69, 9.17) is 0 Å². The maximum atomic E-state index is 14.2. The average molecular weight is 620 g/mol. The fourth-order valence-corrected chi connectivity index (χ4v) is 6.04. The van der Waals surface area contributed by atoms with Crippen LogP contribution >= 0.6 is 0 Å². The molecule has 0 aliphatic carbocycles. The van der Waals surface area contributed by atoms with Gasteiger partial charge in [0.15, 0.2) is 0 Å². The second kappa shape index (κ2) is 16.0. The Labute approximate surface area is 272 Å². The van der Waals surface area contributed by atoms with Gasteiger partial charge in [-0.25, -0.2) is 4.98 Å². The maximum absolute atomic E-state index is 14.2. The first-order valence-electron chi connectivity index (χ1n) is 16.5. The largest absolute Gasteiger partial charge is 0.344 e. The number of imidazole rings is 1. The standard InChI is InChI=1S/C38H45N5O3/c1-3-29(2)36(44)40-35(21-16-30-11-6-4-7-12-30)38(46)43-24-10-15-34(43)27-41(25-22-31-13-8-5-9-14-31)37(45)32-17-19-33(20-18-32)42-26-23-39-28-42/h4-9,11-14,17-20,23,26,28-29,34-35H,3,10,15-16,21-22,24-25,27H2,1-2H3,(H,40,44)/t29-,34+,35+/m1/s1. The molecule has 8 heteroatoms. The summed E-state index contributed by atoms with van der Waals surface area (Å²) in [5.41, 5.74) is 3.82. The number of carbonyl (C=O) groups is 3. The summed E-state index contributed by atoms with van der Waals surface area (Å²) in [7, 11) is 0. The highest BCUT2D eigenvalue weighted by Gasteiger charge is 2.36. The molecule has 46 heavy (non-hydrogen) atoms. The molecule has 3 aromatic carbocycles. The van der Waals surface area contributed by atoms with Crippen LogP contribution in [-0.2, 0) is 22.4 Å². The van der Waals surface area contributed by atoms with E-state index in [1.54, 1.807) is 12.5 Å². The molecule has 0 saturated carbocycles. The Hall–Kier alpha value is -4.72. The molecule has 0 spiro atoms. The highest BCUT2D eigenvalue weighted by molar-refractivity contribution is 5.94. The molecule has 240 valence electrons. The molecule has 1 saturated heterocycles. The number of rotatable bonds is 14. The molecule has 5 rings (SSSR count). The molecule has 1 N–H and O–H groups in total. The summed E-state index contributed by atoms with van der Waals surface area (Å²) in [4.78, 5) is 49.1. The lowest BCUT2D eigenvalue weighted by atomic mass is 10.0. The topological polar surface area (TPSA) is 87.5 Å². The van der Waals surface area contributed by atoms with Crippen LogP contribution in [0.5, 0.6) is 0 Å². The lowest BCUT2D eigenvalue weighted by Crippen LogP contribution is -2.53. The fraction of sp³-hybridized carbons (Fsp3) is 0.368. The van der Waals surface area contributed by atoms with Crippen molar-refractivity contribution in [2.45, 2.75) is 64.5 Å². The number of hydrogen-bond acceptors (Lipinski definition) is 4. The van der Waals surface area contributed by atoms with Gasteiger partial charge in [-0.2, -0.15) is 0 Å². The molecule has 0 unspecified atom stereocenters. The van der Waals surface area contributed by atoms with Crippen LogP contribution < -0.4 is 5.32 Å². The Morgan fingerprint density at radius 2 is 1.61 bits per heavy atom. The van der Waals surface area contributed by atoms with Crippen LogP contribution in [0, 0.1) is 5.92 Å². The number of benzene rings is 3. The van der Waals surface area contributed by atoms with Crippen molar-refractivity contribution in [2.75, 3.05) is 19.6 Å². The number of aromatic nitrogens is 2. The lowest BCUT2D eigenvalue weighted by Gasteiger charge is -2.33. The monoisotopic (exact) mass is 619 g/mol. The molecular formula is C38H45N5O3. The fourth-order valence-electron chi connectivity index (χ4n) is 6.04. The molecule has 4 aromatic rings. The molecule has 1 fully saturated rings. The Morgan fingerprint density at radius 1 is 0.935 bits per heavy atom. The molecule has 0 radical (unpaired) electrons. The quantitative estimate of drug-likeness (QED) is 0.196. The number of hydrogen-bond donors (Lipinski definition) is 1. The minimum atomic E-state index is -0.619. The highest BCUT2D eigenvalue weighted by Crippen LogP contribution is 2.23. The van der Waals surface area contributed by atoms with E-state index in [9.17, 15) is 14.4 Å². The molecule has 0 bridgehead atoms. The Balaban J connectivity index is 1.33. The van der Waals surface area contributed by atoms with Crippen molar-refractivity contribution in [3.63, 3.8) is 0 Å². The molecule has 1 aliphatic heterocycles. The first kappa shape index (κ1) is 32.7. The van der Waals surface area contributed by atoms with E-state index in [0.29, 0.717) is 50.9 Å². The van der Waals surface area contributed by atoms with Gasteiger partial charge in [-0.15, -0.1) is 0 Å². The second-order valence-electron chi connectivity index (χ2n) is 12.2. The van der Waals surface area contributed by atoms with E-state index in [0.717, 1.165) is 29.7 Å². The number of carbonyl (C=O) groups excluding carboxylic acids is 3. The first-order chi connectivity index (χ1) is 22.4. The van der Waals surface area contributed by atoms with Gasteiger partial charge in [0.25, 0.3) is 5.91 Å². The maximum Gasteiger partial charge on any atom is 0.253 e. The number of amides is 3. The van der Waals surface area contributed by atoms with Crippen molar-refractivity contribution in [2.24, 2.45) is 5.92 Å². The molecule has 3 atom stereocenters. The molecule has 3 amide bonds. The molecular weight excluding hydrogens is 574 g/mol. The van der Waals surface area contributed by atoms with Gasteiger partial charge in [-0.3, -0.25) is 14.4 Å². The summed E-state index contributed by atoms with van der Waals surface area (Å²) in [5.74, 6) is -0.385. The van der Waals surface area contributed by atoms with Gasteiger partial charge in [0.05, 0.1) is 6.33 Å². The van der Waals surface area contributed by atoms with E-state index in [-0.39, 0.29) is 29.7 Å². The van der Waals surface area contributed by atoms with Gasteiger partial charge in [0.2, 0.25) is 11.8 Å². The molecule has 2 heterocycles. The number of nitrogens with zero attached hydrogens (tertiary/aromatic N) is 4. The number of likely N-dealkylation sites (tertiary alicyclic amines) is 1. The first-order valence-corrected chi connectivity index (χ1v) is 16.5. The van der Waals surface area contributed by atoms with Crippen molar-refractivity contribution in [3.05, 3.63) is 120 Å². The van der Waals surface area contributed by atoms with Crippen LogP contribution in [0.3, 0.4) is 0 Å². The van der Waals surface area contributed by atoms with Crippen molar-refractivity contribution < 1.29 is 14.4 Å². The van der Waals surface area contributed by atoms with Gasteiger partial charge in [-0.05, 0) is 73.9 Å². The predicted octanol–water partition coefficient (Wildman–Crippen LogP) is 5.71. The third-order valence-electron chi connectivity index (χ3n) is 9.05. The second-order valence-corrected chi connectivity index (χ2v) is 12.2. The van der Waals surface area contributed by atoms with E-state index in [2.05, 4.69) is 34.6 Å². The third-order valence-corrected chi connectivity index (χ3v) is 9.05. The Kier molecular flexibility index (Phi) is 11.4. The SMILES string of the molecule is CC[C@@H](C)C(=O)N[C@@H](CCc1ccccc1)C(=O)N1CCC[C@H]1CN(CCc1ccccc1)C(=O)c1ccc(-n2ccnc2)cc1. The average Bonchev–Trinajstić information content (AvgIpc) is 3.81. The lowest BCUT2D eigenvalue weighted by molar-refractivity contribution is -0.138. The summed E-state index contributed by atoms with van der Waals surface area (Å²) < 4.78 is 1.90. The summed E-state index contributed by atoms with van der Waals surface area (Å²) in [6, 6.07) is 27.0.